The first-order valence-corrected chi connectivity index (χ1v) is 4.97. The van der Waals surface area contributed by atoms with E-state index in [1.54, 1.807) is 6.33 Å². The Morgan fingerprint density at radius 3 is 2.36 bits per heavy atom. The highest BCUT2D eigenvalue weighted by atomic mass is 14.9. The molecule has 1 rings (SSSR count). The van der Waals surface area contributed by atoms with Gasteiger partial charge in [-0.25, -0.2) is 9.97 Å². The van der Waals surface area contributed by atoms with Gasteiger partial charge in [0.15, 0.2) is 0 Å². The average molecular weight is 193 g/mol. The molecule has 0 saturated heterocycles. The third kappa shape index (κ3) is 3.42. The largest absolute Gasteiger partial charge is 0.310 e. The van der Waals surface area contributed by atoms with Gasteiger partial charge in [-0.3, -0.25) is 0 Å². The second kappa shape index (κ2) is 4.51. The Hall–Kier alpha value is -0.960. The van der Waals surface area contributed by atoms with Crippen molar-refractivity contribution >= 4 is 0 Å². The van der Waals surface area contributed by atoms with Crippen molar-refractivity contribution in [2.24, 2.45) is 5.41 Å². The first kappa shape index (κ1) is 11.1. The predicted octanol–water partition coefficient (Wildman–Crippen LogP) is 2.00. The van der Waals surface area contributed by atoms with Crippen LogP contribution >= 0.6 is 0 Å². The molecule has 0 aromatic carbocycles. The van der Waals surface area contributed by atoms with E-state index >= 15 is 0 Å². The standard InChI is InChI=1S/C11H19N3/c1-9(11(2,3)4)14-7-10-5-12-8-13-6-10/h5-6,8-9,14H,7H2,1-4H3. The molecule has 0 aliphatic rings. The fraction of sp³-hybridized carbons (Fsp3) is 0.636. The summed E-state index contributed by atoms with van der Waals surface area (Å²) in [6, 6.07) is 0.475. The van der Waals surface area contributed by atoms with E-state index in [0.717, 1.165) is 12.1 Å². The molecule has 1 aromatic rings. The second-order valence-corrected chi connectivity index (χ2v) is 4.72. The van der Waals surface area contributed by atoms with Gasteiger partial charge in [0.25, 0.3) is 0 Å². The summed E-state index contributed by atoms with van der Waals surface area (Å²) in [5, 5.41) is 3.46. The number of nitrogens with one attached hydrogen (secondary N) is 1. The molecule has 1 unspecified atom stereocenters. The lowest BCUT2D eigenvalue weighted by atomic mass is 9.88. The number of hydrogen-bond acceptors (Lipinski definition) is 3. The number of hydrogen-bond donors (Lipinski definition) is 1. The average Bonchev–Trinajstić information content (AvgIpc) is 2.14. The van der Waals surface area contributed by atoms with Gasteiger partial charge < -0.3 is 5.32 Å². The van der Waals surface area contributed by atoms with Crippen molar-refractivity contribution in [3.63, 3.8) is 0 Å². The summed E-state index contributed by atoms with van der Waals surface area (Å²) in [5.74, 6) is 0. The molecule has 14 heavy (non-hydrogen) atoms. The maximum atomic E-state index is 3.97. The summed E-state index contributed by atoms with van der Waals surface area (Å²) < 4.78 is 0. The van der Waals surface area contributed by atoms with Crippen molar-refractivity contribution in [2.45, 2.75) is 40.3 Å². The van der Waals surface area contributed by atoms with Gasteiger partial charge in [-0.15, -0.1) is 0 Å². The molecule has 0 amide bonds. The van der Waals surface area contributed by atoms with E-state index in [9.17, 15) is 0 Å². The molecule has 0 radical (unpaired) electrons. The molecule has 1 atom stereocenters. The molecule has 78 valence electrons. The number of nitrogens with zero attached hydrogens (tertiary/aromatic N) is 2. The van der Waals surface area contributed by atoms with Gasteiger partial charge in [-0.1, -0.05) is 20.8 Å². The Morgan fingerprint density at radius 1 is 1.29 bits per heavy atom. The van der Waals surface area contributed by atoms with Crippen molar-refractivity contribution in [3.8, 4) is 0 Å². The molecule has 1 aromatic heterocycles. The summed E-state index contributed by atoms with van der Waals surface area (Å²) in [6.07, 6.45) is 5.24. The zero-order chi connectivity index (χ0) is 10.6. The maximum Gasteiger partial charge on any atom is 0.115 e. The van der Waals surface area contributed by atoms with Crippen LogP contribution < -0.4 is 5.32 Å². The lowest BCUT2D eigenvalue weighted by Crippen LogP contribution is -2.37. The van der Waals surface area contributed by atoms with E-state index in [1.165, 1.54) is 0 Å². The van der Waals surface area contributed by atoms with Crippen molar-refractivity contribution in [1.82, 2.24) is 15.3 Å². The molecule has 0 saturated carbocycles. The minimum Gasteiger partial charge on any atom is -0.310 e. The van der Waals surface area contributed by atoms with Gasteiger partial charge in [0.05, 0.1) is 0 Å². The summed E-state index contributed by atoms with van der Waals surface area (Å²) in [5.41, 5.74) is 1.42. The Balaban J connectivity index is 2.42. The second-order valence-electron chi connectivity index (χ2n) is 4.72. The van der Waals surface area contributed by atoms with Crippen LogP contribution in [0.5, 0.6) is 0 Å². The van der Waals surface area contributed by atoms with E-state index in [2.05, 4.69) is 43.0 Å². The molecule has 0 aliphatic heterocycles. The summed E-state index contributed by atoms with van der Waals surface area (Å²) in [4.78, 5) is 7.95. The Labute approximate surface area is 86.0 Å². The molecule has 3 nitrogen and oxygen atoms in total. The van der Waals surface area contributed by atoms with Gasteiger partial charge in [-0.05, 0) is 12.3 Å². The quantitative estimate of drug-likeness (QED) is 0.798. The molecule has 1 heterocycles. The van der Waals surface area contributed by atoms with Crippen LogP contribution in [-0.2, 0) is 6.54 Å². The highest BCUT2D eigenvalue weighted by molar-refractivity contribution is 5.02. The van der Waals surface area contributed by atoms with Gasteiger partial charge in [-0.2, -0.15) is 0 Å². The van der Waals surface area contributed by atoms with Crippen LogP contribution in [0.4, 0.5) is 0 Å². The van der Waals surface area contributed by atoms with Crippen LogP contribution in [0.1, 0.15) is 33.3 Å². The zero-order valence-electron chi connectivity index (χ0n) is 9.41. The van der Waals surface area contributed by atoms with E-state index in [0.29, 0.717) is 6.04 Å². The summed E-state index contributed by atoms with van der Waals surface area (Å²) in [7, 11) is 0. The Morgan fingerprint density at radius 2 is 1.86 bits per heavy atom. The fourth-order valence-electron chi connectivity index (χ4n) is 0.998. The van der Waals surface area contributed by atoms with Crippen LogP contribution in [0.2, 0.25) is 0 Å². The van der Waals surface area contributed by atoms with Crippen molar-refractivity contribution < 1.29 is 0 Å². The Kier molecular flexibility index (Phi) is 3.58. The van der Waals surface area contributed by atoms with Gasteiger partial charge in [0.2, 0.25) is 0 Å². The normalized spacial score (nSPS) is 14.0. The van der Waals surface area contributed by atoms with E-state index in [1.807, 2.05) is 12.4 Å². The molecular weight excluding hydrogens is 174 g/mol. The van der Waals surface area contributed by atoms with Crippen LogP contribution in [0.15, 0.2) is 18.7 Å². The molecule has 0 spiro atoms. The van der Waals surface area contributed by atoms with Gasteiger partial charge in [0, 0.05) is 30.5 Å². The lowest BCUT2D eigenvalue weighted by molar-refractivity contribution is 0.285. The first-order valence-electron chi connectivity index (χ1n) is 4.97. The lowest BCUT2D eigenvalue weighted by Gasteiger charge is -2.28. The van der Waals surface area contributed by atoms with Crippen LogP contribution in [0.3, 0.4) is 0 Å². The third-order valence-corrected chi connectivity index (χ3v) is 2.53. The fourth-order valence-corrected chi connectivity index (χ4v) is 0.998. The van der Waals surface area contributed by atoms with Gasteiger partial charge in [0.1, 0.15) is 6.33 Å². The van der Waals surface area contributed by atoms with Crippen LogP contribution in [0.25, 0.3) is 0 Å². The molecule has 0 fully saturated rings. The van der Waals surface area contributed by atoms with E-state index in [4.69, 9.17) is 0 Å². The van der Waals surface area contributed by atoms with Crippen molar-refractivity contribution in [2.75, 3.05) is 0 Å². The minimum absolute atomic E-state index is 0.287. The zero-order valence-corrected chi connectivity index (χ0v) is 9.41. The molecular formula is C11H19N3. The third-order valence-electron chi connectivity index (χ3n) is 2.53. The minimum atomic E-state index is 0.287. The van der Waals surface area contributed by atoms with E-state index in [-0.39, 0.29) is 5.41 Å². The molecule has 0 aliphatic carbocycles. The van der Waals surface area contributed by atoms with Crippen LogP contribution in [0, 0.1) is 5.41 Å². The highest BCUT2D eigenvalue weighted by Gasteiger charge is 2.18. The first-order chi connectivity index (χ1) is 6.50. The number of rotatable bonds is 3. The molecule has 3 heteroatoms. The monoisotopic (exact) mass is 193 g/mol. The van der Waals surface area contributed by atoms with Crippen LogP contribution in [-0.4, -0.2) is 16.0 Å². The molecule has 0 bridgehead atoms. The summed E-state index contributed by atoms with van der Waals surface area (Å²) in [6.45, 7) is 9.72. The van der Waals surface area contributed by atoms with Gasteiger partial charge >= 0.3 is 0 Å². The topological polar surface area (TPSA) is 37.8 Å². The maximum absolute atomic E-state index is 3.97. The van der Waals surface area contributed by atoms with Crippen molar-refractivity contribution in [3.05, 3.63) is 24.3 Å². The highest BCUT2D eigenvalue weighted by Crippen LogP contribution is 2.18. The predicted molar refractivity (Wildman–Crippen MR) is 57.8 cm³/mol. The Bertz CT molecular complexity index is 264. The molecule has 1 N–H and O–H groups in total. The van der Waals surface area contributed by atoms with Crippen molar-refractivity contribution in [1.29, 1.82) is 0 Å². The SMILES string of the molecule is CC(NCc1cncnc1)C(C)(C)C. The van der Waals surface area contributed by atoms with E-state index < -0.39 is 0 Å². The smallest absolute Gasteiger partial charge is 0.115 e. The number of aromatic nitrogens is 2. The summed E-state index contributed by atoms with van der Waals surface area (Å²) >= 11 is 0.